The minimum absolute atomic E-state index is 0.136. The minimum atomic E-state index is -0.664. The fourth-order valence-electron chi connectivity index (χ4n) is 1.83. The van der Waals surface area contributed by atoms with Crippen molar-refractivity contribution in [2.24, 2.45) is 12.8 Å². The number of aromatic nitrogens is 4. The van der Waals surface area contributed by atoms with E-state index in [4.69, 9.17) is 5.73 Å². The first kappa shape index (κ1) is 14.3. The van der Waals surface area contributed by atoms with Crippen molar-refractivity contribution in [2.45, 2.75) is 13.5 Å². The van der Waals surface area contributed by atoms with Gasteiger partial charge in [-0.2, -0.15) is 10.2 Å². The summed E-state index contributed by atoms with van der Waals surface area (Å²) in [6.07, 6.45) is 2.91. The van der Waals surface area contributed by atoms with Crippen LogP contribution < -0.4 is 11.1 Å². The summed E-state index contributed by atoms with van der Waals surface area (Å²) in [5.74, 6) is -1.06. The van der Waals surface area contributed by atoms with Crippen molar-refractivity contribution in [3.05, 3.63) is 28.3 Å². The van der Waals surface area contributed by atoms with Crippen LogP contribution in [-0.4, -0.2) is 31.4 Å². The fraction of sp³-hybridized carbons (Fsp3) is 0.273. The minimum Gasteiger partial charge on any atom is -0.364 e. The first-order valence-electron chi connectivity index (χ1n) is 5.80. The molecule has 0 unspecified atom stereocenters. The van der Waals surface area contributed by atoms with Gasteiger partial charge < -0.3 is 11.1 Å². The van der Waals surface area contributed by atoms with Crippen LogP contribution in [0.1, 0.15) is 27.9 Å². The first-order valence-corrected chi connectivity index (χ1v) is 6.59. The molecule has 8 nitrogen and oxygen atoms in total. The van der Waals surface area contributed by atoms with Gasteiger partial charge in [0.2, 0.25) is 0 Å². The van der Waals surface area contributed by atoms with E-state index in [1.807, 2.05) is 6.92 Å². The van der Waals surface area contributed by atoms with Crippen LogP contribution in [0.4, 0.5) is 5.69 Å². The van der Waals surface area contributed by atoms with E-state index >= 15 is 0 Å². The van der Waals surface area contributed by atoms with Crippen LogP contribution >= 0.6 is 15.9 Å². The van der Waals surface area contributed by atoms with Crippen LogP contribution in [0.25, 0.3) is 0 Å². The molecule has 0 fully saturated rings. The Kier molecular flexibility index (Phi) is 3.89. The maximum Gasteiger partial charge on any atom is 0.275 e. The van der Waals surface area contributed by atoms with Crippen molar-refractivity contribution in [3.8, 4) is 0 Å². The molecule has 20 heavy (non-hydrogen) atoms. The molecule has 0 saturated heterocycles. The third kappa shape index (κ3) is 2.44. The molecule has 2 rings (SSSR count). The van der Waals surface area contributed by atoms with E-state index in [1.54, 1.807) is 11.7 Å². The number of hydrogen-bond donors (Lipinski definition) is 2. The lowest BCUT2D eigenvalue weighted by atomic mass is 10.3. The average molecular weight is 341 g/mol. The summed E-state index contributed by atoms with van der Waals surface area (Å²) in [7, 11) is 1.57. The highest BCUT2D eigenvalue weighted by Gasteiger charge is 2.21. The number of nitrogens with one attached hydrogen (secondary N) is 1. The molecule has 9 heteroatoms. The molecule has 3 N–H and O–H groups in total. The van der Waals surface area contributed by atoms with E-state index in [9.17, 15) is 9.59 Å². The highest BCUT2D eigenvalue weighted by molar-refractivity contribution is 9.10. The molecule has 106 valence electrons. The van der Waals surface area contributed by atoms with Crippen molar-refractivity contribution in [1.29, 1.82) is 0 Å². The molecule has 0 aliphatic rings. The predicted octanol–water partition coefficient (Wildman–Crippen LogP) is 0.750. The molecule has 0 aromatic carbocycles. The molecule has 0 spiro atoms. The molecule has 0 bridgehead atoms. The molecule has 2 aromatic heterocycles. The van der Waals surface area contributed by atoms with Gasteiger partial charge in [0.1, 0.15) is 11.4 Å². The molecule has 0 radical (unpaired) electrons. The van der Waals surface area contributed by atoms with Gasteiger partial charge in [-0.3, -0.25) is 19.0 Å². The summed E-state index contributed by atoms with van der Waals surface area (Å²) in [4.78, 5) is 23.6. The summed E-state index contributed by atoms with van der Waals surface area (Å²) >= 11 is 3.27. The lowest BCUT2D eigenvalue weighted by Gasteiger charge is -2.07. The number of nitrogens with two attached hydrogens (primary N) is 1. The van der Waals surface area contributed by atoms with Gasteiger partial charge in [-0.05, 0) is 22.9 Å². The number of nitrogens with zero attached hydrogens (tertiary/aromatic N) is 4. The largest absolute Gasteiger partial charge is 0.364 e. The van der Waals surface area contributed by atoms with E-state index in [0.717, 1.165) is 0 Å². The Morgan fingerprint density at radius 2 is 2.05 bits per heavy atom. The zero-order chi connectivity index (χ0) is 14.9. The summed E-state index contributed by atoms with van der Waals surface area (Å²) in [6.45, 7) is 2.42. The fourth-order valence-corrected chi connectivity index (χ4v) is 2.31. The lowest BCUT2D eigenvalue weighted by molar-refractivity contribution is 0.0992. The maximum absolute atomic E-state index is 12.3. The maximum atomic E-state index is 12.3. The number of rotatable bonds is 4. The Balaban J connectivity index is 2.33. The predicted molar refractivity (Wildman–Crippen MR) is 75.3 cm³/mol. The number of carbonyl (C=O) groups excluding carboxylic acids is 2. The van der Waals surface area contributed by atoms with Crippen LogP contribution in [0.5, 0.6) is 0 Å². The van der Waals surface area contributed by atoms with Crippen molar-refractivity contribution in [1.82, 2.24) is 19.6 Å². The van der Waals surface area contributed by atoms with Gasteiger partial charge >= 0.3 is 0 Å². The van der Waals surface area contributed by atoms with Crippen LogP contribution in [0.15, 0.2) is 16.9 Å². The zero-order valence-electron chi connectivity index (χ0n) is 10.9. The Labute approximate surface area is 123 Å². The van der Waals surface area contributed by atoms with Crippen LogP contribution in [0.3, 0.4) is 0 Å². The van der Waals surface area contributed by atoms with Crippen LogP contribution in [0.2, 0.25) is 0 Å². The number of halogens is 1. The van der Waals surface area contributed by atoms with Gasteiger partial charge in [-0.15, -0.1) is 0 Å². The molecule has 2 heterocycles. The number of anilines is 1. The Morgan fingerprint density at radius 1 is 1.35 bits per heavy atom. The first-order chi connectivity index (χ1) is 9.45. The standard InChI is InChI=1S/C11H13BrN6O2/c1-3-18-8(6(12)4-15-18)11(20)16-7-5-14-17(2)9(7)10(13)19/h4-5H,3H2,1-2H3,(H2,13,19)(H,16,20). The monoisotopic (exact) mass is 340 g/mol. The van der Waals surface area contributed by atoms with Crippen LogP contribution in [-0.2, 0) is 13.6 Å². The average Bonchev–Trinajstić information content (AvgIpc) is 2.92. The molecule has 0 aliphatic heterocycles. The highest BCUT2D eigenvalue weighted by Crippen LogP contribution is 2.19. The number of primary amides is 1. The normalized spacial score (nSPS) is 10.6. The van der Waals surface area contributed by atoms with E-state index < -0.39 is 11.8 Å². The van der Waals surface area contributed by atoms with Gasteiger partial charge in [-0.25, -0.2) is 0 Å². The molecule has 0 aliphatic carbocycles. The highest BCUT2D eigenvalue weighted by atomic mass is 79.9. The summed E-state index contributed by atoms with van der Waals surface area (Å²) in [6, 6.07) is 0. The third-order valence-electron chi connectivity index (χ3n) is 2.73. The SMILES string of the molecule is CCn1ncc(Br)c1C(=O)Nc1cnn(C)c1C(N)=O. The number of amides is 2. The van der Waals surface area contributed by atoms with Crippen molar-refractivity contribution >= 4 is 33.4 Å². The van der Waals surface area contributed by atoms with Gasteiger partial charge in [0.15, 0.2) is 0 Å². The van der Waals surface area contributed by atoms with Gasteiger partial charge in [0.25, 0.3) is 11.8 Å². The summed E-state index contributed by atoms with van der Waals surface area (Å²) < 4.78 is 3.42. The van der Waals surface area contributed by atoms with Gasteiger partial charge in [-0.1, -0.05) is 0 Å². The quantitative estimate of drug-likeness (QED) is 0.855. The Hall–Kier alpha value is -2.16. The number of hydrogen-bond acceptors (Lipinski definition) is 4. The van der Waals surface area contributed by atoms with Crippen molar-refractivity contribution < 1.29 is 9.59 Å². The van der Waals surface area contributed by atoms with Gasteiger partial charge in [0, 0.05) is 13.6 Å². The molecule has 2 amide bonds. The molecular formula is C11H13BrN6O2. The van der Waals surface area contributed by atoms with Crippen LogP contribution in [0, 0.1) is 0 Å². The zero-order valence-corrected chi connectivity index (χ0v) is 12.5. The summed E-state index contributed by atoms with van der Waals surface area (Å²) in [5, 5.41) is 10.6. The number of carbonyl (C=O) groups is 2. The third-order valence-corrected chi connectivity index (χ3v) is 3.31. The van der Waals surface area contributed by atoms with E-state index in [0.29, 0.717) is 16.7 Å². The second-order valence-corrected chi connectivity index (χ2v) is 4.86. The molecular weight excluding hydrogens is 328 g/mol. The Bertz CT molecular complexity index is 675. The number of aryl methyl sites for hydroxylation is 2. The van der Waals surface area contributed by atoms with E-state index in [2.05, 4.69) is 31.4 Å². The smallest absolute Gasteiger partial charge is 0.275 e. The summed E-state index contributed by atoms with van der Waals surface area (Å²) in [5.41, 5.74) is 6.03. The molecule has 0 saturated carbocycles. The molecule has 0 atom stereocenters. The molecule has 2 aromatic rings. The van der Waals surface area contributed by atoms with E-state index in [1.165, 1.54) is 17.1 Å². The topological polar surface area (TPSA) is 108 Å². The van der Waals surface area contributed by atoms with Crippen molar-refractivity contribution in [3.63, 3.8) is 0 Å². The lowest BCUT2D eigenvalue weighted by Crippen LogP contribution is -2.22. The second kappa shape index (κ2) is 5.45. The van der Waals surface area contributed by atoms with Gasteiger partial charge in [0.05, 0.1) is 22.6 Å². The van der Waals surface area contributed by atoms with E-state index in [-0.39, 0.29) is 11.4 Å². The van der Waals surface area contributed by atoms with Crippen molar-refractivity contribution in [2.75, 3.05) is 5.32 Å². The Morgan fingerprint density at radius 3 is 2.65 bits per heavy atom. The second-order valence-electron chi connectivity index (χ2n) is 4.01.